The summed E-state index contributed by atoms with van der Waals surface area (Å²) in [5.74, 6) is 2.66. The van der Waals surface area contributed by atoms with Gasteiger partial charge in [0.25, 0.3) is 0 Å². The van der Waals surface area contributed by atoms with E-state index in [0.29, 0.717) is 12.6 Å². The normalized spacial score (nSPS) is 20.6. The molecule has 1 saturated heterocycles. The molecule has 0 saturated carbocycles. The maximum Gasteiger partial charge on any atom is 0.133 e. The molecule has 2 aliphatic rings. The van der Waals surface area contributed by atoms with Crippen LogP contribution in [-0.4, -0.2) is 36.9 Å². The fourth-order valence-electron chi connectivity index (χ4n) is 3.74. The maximum absolute atomic E-state index is 5.94. The van der Waals surface area contributed by atoms with E-state index in [1.807, 2.05) is 25.1 Å². The van der Waals surface area contributed by atoms with Crippen LogP contribution in [0.4, 0.5) is 0 Å². The third-order valence-electron chi connectivity index (χ3n) is 5.00. The first-order valence-corrected chi connectivity index (χ1v) is 8.90. The van der Waals surface area contributed by atoms with E-state index in [0.717, 1.165) is 48.0 Å². The van der Waals surface area contributed by atoms with E-state index in [1.165, 1.54) is 18.4 Å². The van der Waals surface area contributed by atoms with Gasteiger partial charge in [-0.15, -0.1) is 0 Å². The molecule has 5 nitrogen and oxygen atoms in total. The highest BCUT2D eigenvalue weighted by molar-refractivity contribution is 5.64. The van der Waals surface area contributed by atoms with Crippen LogP contribution in [-0.2, 0) is 0 Å². The quantitative estimate of drug-likeness (QED) is 0.842. The highest BCUT2D eigenvalue weighted by atomic mass is 16.5. The molecule has 5 heteroatoms. The van der Waals surface area contributed by atoms with E-state index in [-0.39, 0.29) is 0 Å². The minimum Gasteiger partial charge on any atom is -0.497 e. The van der Waals surface area contributed by atoms with E-state index in [1.54, 1.807) is 7.11 Å². The molecule has 0 N–H and O–H groups in total. The summed E-state index contributed by atoms with van der Waals surface area (Å²) in [4.78, 5) is 2.50. The Morgan fingerprint density at radius 3 is 3.00 bits per heavy atom. The van der Waals surface area contributed by atoms with Crippen molar-refractivity contribution in [3.8, 4) is 11.5 Å². The van der Waals surface area contributed by atoms with E-state index in [9.17, 15) is 0 Å². The van der Waals surface area contributed by atoms with Crippen molar-refractivity contribution in [2.24, 2.45) is 0 Å². The fraction of sp³-hybridized carbons (Fsp3) is 0.450. The van der Waals surface area contributed by atoms with Gasteiger partial charge in [0.05, 0.1) is 13.2 Å². The second-order valence-electron chi connectivity index (χ2n) is 6.84. The molecule has 4 rings (SSSR count). The molecule has 1 fully saturated rings. The Bertz CT molecular complexity index is 781. The number of benzene rings is 1. The topological polar surface area (TPSA) is 47.7 Å². The SMILES string of the molecule is COc1ccc2c(c1)C=C(CN1CCCC[C@@H]1c1cc(C)on1)CO2. The van der Waals surface area contributed by atoms with Gasteiger partial charge in [-0.25, -0.2) is 0 Å². The average molecular weight is 340 g/mol. The lowest BCUT2D eigenvalue weighted by Crippen LogP contribution is -2.36. The van der Waals surface area contributed by atoms with Crippen molar-refractivity contribution in [2.75, 3.05) is 26.8 Å². The number of fused-ring (bicyclic) bond motifs is 1. The number of aromatic nitrogens is 1. The van der Waals surface area contributed by atoms with Crippen LogP contribution in [0.15, 0.2) is 34.4 Å². The molecule has 1 aromatic heterocycles. The molecular formula is C20H24N2O3. The Balaban J connectivity index is 1.54. The molecular weight excluding hydrogens is 316 g/mol. The van der Waals surface area contributed by atoms with Crippen molar-refractivity contribution < 1.29 is 14.0 Å². The summed E-state index contributed by atoms with van der Waals surface area (Å²) < 4.78 is 16.6. The van der Waals surface area contributed by atoms with E-state index >= 15 is 0 Å². The maximum atomic E-state index is 5.94. The van der Waals surface area contributed by atoms with Crippen LogP contribution in [0.1, 0.15) is 42.3 Å². The van der Waals surface area contributed by atoms with Gasteiger partial charge in [0, 0.05) is 18.2 Å². The van der Waals surface area contributed by atoms with E-state index < -0.39 is 0 Å². The zero-order valence-electron chi connectivity index (χ0n) is 14.8. The summed E-state index contributed by atoms with van der Waals surface area (Å²) >= 11 is 0. The number of hydrogen-bond acceptors (Lipinski definition) is 5. The van der Waals surface area contributed by atoms with Gasteiger partial charge in [0.2, 0.25) is 0 Å². The average Bonchev–Trinajstić information content (AvgIpc) is 3.08. The Morgan fingerprint density at radius 2 is 2.20 bits per heavy atom. The Labute approximate surface area is 148 Å². The van der Waals surface area contributed by atoms with Crippen molar-refractivity contribution >= 4 is 6.08 Å². The number of piperidine rings is 1. The predicted octanol–water partition coefficient (Wildman–Crippen LogP) is 3.99. The van der Waals surface area contributed by atoms with Crippen molar-refractivity contribution in [1.82, 2.24) is 10.1 Å². The summed E-state index contributed by atoms with van der Waals surface area (Å²) in [6.07, 6.45) is 5.83. The van der Waals surface area contributed by atoms with Crippen molar-refractivity contribution in [1.29, 1.82) is 0 Å². The zero-order chi connectivity index (χ0) is 17.2. The monoisotopic (exact) mass is 340 g/mol. The largest absolute Gasteiger partial charge is 0.497 e. The van der Waals surface area contributed by atoms with Gasteiger partial charge >= 0.3 is 0 Å². The summed E-state index contributed by atoms with van der Waals surface area (Å²) in [5, 5.41) is 4.26. The molecule has 0 amide bonds. The lowest BCUT2D eigenvalue weighted by molar-refractivity contribution is 0.150. The zero-order valence-corrected chi connectivity index (χ0v) is 14.8. The van der Waals surface area contributed by atoms with Crippen molar-refractivity contribution in [3.05, 3.63) is 46.9 Å². The number of rotatable bonds is 4. The van der Waals surface area contributed by atoms with Gasteiger partial charge in [0.15, 0.2) is 0 Å². The third-order valence-corrected chi connectivity index (χ3v) is 5.00. The number of hydrogen-bond donors (Lipinski definition) is 0. The van der Waals surface area contributed by atoms with Gasteiger partial charge in [-0.3, -0.25) is 4.90 Å². The molecule has 0 radical (unpaired) electrons. The Kier molecular flexibility index (Phi) is 4.49. The molecule has 0 spiro atoms. The van der Waals surface area contributed by atoms with Gasteiger partial charge in [0.1, 0.15) is 29.6 Å². The third kappa shape index (κ3) is 3.42. The Morgan fingerprint density at radius 1 is 1.28 bits per heavy atom. The minimum absolute atomic E-state index is 0.332. The number of ether oxygens (including phenoxy) is 2. The molecule has 25 heavy (non-hydrogen) atoms. The van der Waals surface area contributed by atoms with Crippen LogP contribution >= 0.6 is 0 Å². The van der Waals surface area contributed by atoms with Gasteiger partial charge < -0.3 is 14.0 Å². The first-order chi connectivity index (χ1) is 12.2. The number of methoxy groups -OCH3 is 1. The lowest BCUT2D eigenvalue weighted by Gasteiger charge is -2.35. The molecule has 1 atom stereocenters. The molecule has 132 valence electrons. The van der Waals surface area contributed by atoms with E-state index in [2.05, 4.69) is 22.2 Å². The second-order valence-corrected chi connectivity index (χ2v) is 6.84. The second kappa shape index (κ2) is 6.92. The molecule has 0 aliphatic carbocycles. The highest BCUT2D eigenvalue weighted by Crippen LogP contribution is 2.34. The first-order valence-electron chi connectivity index (χ1n) is 8.90. The molecule has 1 aromatic carbocycles. The van der Waals surface area contributed by atoms with Gasteiger partial charge in [-0.1, -0.05) is 11.6 Å². The summed E-state index contributed by atoms with van der Waals surface area (Å²) in [7, 11) is 1.69. The van der Waals surface area contributed by atoms with Gasteiger partial charge in [-0.05, 0) is 56.2 Å². The van der Waals surface area contributed by atoms with Gasteiger partial charge in [-0.2, -0.15) is 0 Å². The van der Waals surface area contributed by atoms with Crippen molar-refractivity contribution in [2.45, 2.75) is 32.2 Å². The number of aryl methyl sites for hydroxylation is 1. The molecule has 2 aromatic rings. The summed E-state index contributed by atoms with van der Waals surface area (Å²) in [6, 6.07) is 8.34. The minimum atomic E-state index is 0.332. The first kappa shape index (κ1) is 16.2. The Hall–Kier alpha value is -2.27. The van der Waals surface area contributed by atoms with Crippen LogP contribution in [0.25, 0.3) is 6.08 Å². The van der Waals surface area contributed by atoms with Crippen LogP contribution in [0.2, 0.25) is 0 Å². The predicted molar refractivity (Wildman–Crippen MR) is 95.9 cm³/mol. The molecule has 3 heterocycles. The smallest absolute Gasteiger partial charge is 0.133 e. The molecule has 0 unspecified atom stereocenters. The lowest BCUT2D eigenvalue weighted by atomic mass is 9.97. The fourth-order valence-corrected chi connectivity index (χ4v) is 3.74. The van der Waals surface area contributed by atoms with Crippen molar-refractivity contribution in [3.63, 3.8) is 0 Å². The van der Waals surface area contributed by atoms with E-state index in [4.69, 9.17) is 14.0 Å². The summed E-state index contributed by atoms with van der Waals surface area (Å²) in [6.45, 7) is 4.57. The number of nitrogens with zero attached hydrogens (tertiary/aromatic N) is 2. The molecule has 0 bridgehead atoms. The number of likely N-dealkylation sites (tertiary alicyclic amines) is 1. The van der Waals surface area contributed by atoms with Crippen LogP contribution < -0.4 is 9.47 Å². The molecule has 2 aliphatic heterocycles. The van der Waals surface area contributed by atoms with Crippen LogP contribution in [0, 0.1) is 6.92 Å². The van der Waals surface area contributed by atoms with Crippen LogP contribution in [0.3, 0.4) is 0 Å². The van der Waals surface area contributed by atoms with Crippen LogP contribution in [0.5, 0.6) is 11.5 Å². The summed E-state index contributed by atoms with van der Waals surface area (Å²) in [5.41, 5.74) is 3.43. The highest BCUT2D eigenvalue weighted by Gasteiger charge is 2.27. The standard InChI is InChI=1S/C20H24N2O3/c1-14-9-18(21-25-14)19-5-3-4-8-22(19)12-15-10-16-11-17(23-2)6-7-20(16)24-13-15/h6-7,9-11,19H,3-5,8,12-13H2,1-2H3/t19-/m1/s1.